The van der Waals surface area contributed by atoms with Gasteiger partial charge in [-0.1, -0.05) is 12.1 Å². The van der Waals surface area contributed by atoms with E-state index in [1.165, 1.54) is 10.6 Å². The molecule has 0 aromatic heterocycles. The highest BCUT2D eigenvalue weighted by atomic mass is 32.2. The van der Waals surface area contributed by atoms with Crippen molar-refractivity contribution in [3.63, 3.8) is 0 Å². The second-order valence-corrected chi connectivity index (χ2v) is 5.77. The molecule has 0 saturated heterocycles. The SMILES string of the molecule is CCOCCCNC(=O)CN1CCSc2ccccc21. The van der Waals surface area contributed by atoms with Gasteiger partial charge < -0.3 is 15.0 Å². The number of nitrogens with zero attached hydrogens (tertiary/aromatic N) is 1. The summed E-state index contributed by atoms with van der Waals surface area (Å²) in [5, 5.41) is 2.95. The van der Waals surface area contributed by atoms with Gasteiger partial charge >= 0.3 is 0 Å². The quantitative estimate of drug-likeness (QED) is 0.782. The van der Waals surface area contributed by atoms with Gasteiger partial charge in [-0.15, -0.1) is 11.8 Å². The molecule has 4 nitrogen and oxygen atoms in total. The molecule has 110 valence electrons. The standard InChI is InChI=1S/C15H22N2O2S/c1-2-19-10-5-8-16-15(18)12-17-9-11-20-14-7-4-3-6-13(14)17/h3-4,6-7H,2,5,8-12H2,1H3,(H,16,18). The third-order valence-corrected chi connectivity index (χ3v) is 4.19. The molecule has 0 aliphatic carbocycles. The number of hydrogen-bond donors (Lipinski definition) is 1. The average molecular weight is 294 g/mol. The normalized spacial score (nSPS) is 13.9. The number of rotatable bonds is 7. The van der Waals surface area contributed by atoms with E-state index in [2.05, 4.69) is 22.3 Å². The van der Waals surface area contributed by atoms with Crippen molar-refractivity contribution in [3.05, 3.63) is 24.3 Å². The van der Waals surface area contributed by atoms with Crippen LogP contribution in [0.15, 0.2) is 29.2 Å². The molecule has 0 bridgehead atoms. The molecule has 20 heavy (non-hydrogen) atoms. The number of anilines is 1. The first-order valence-corrected chi connectivity index (χ1v) is 8.11. The highest BCUT2D eigenvalue weighted by Gasteiger charge is 2.18. The fourth-order valence-corrected chi connectivity index (χ4v) is 3.22. The zero-order chi connectivity index (χ0) is 14.2. The zero-order valence-electron chi connectivity index (χ0n) is 11.9. The van der Waals surface area contributed by atoms with Crippen LogP contribution in [0.4, 0.5) is 5.69 Å². The third kappa shape index (κ3) is 4.42. The van der Waals surface area contributed by atoms with Crippen LogP contribution in [0.1, 0.15) is 13.3 Å². The summed E-state index contributed by atoms with van der Waals surface area (Å²) in [7, 11) is 0. The summed E-state index contributed by atoms with van der Waals surface area (Å²) in [6.45, 7) is 5.46. The summed E-state index contributed by atoms with van der Waals surface area (Å²) in [4.78, 5) is 15.4. The van der Waals surface area contributed by atoms with E-state index < -0.39 is 0 Å². The minimum absolute atomic E-state index is 0.0863. The number of benzene rings is 1. The molecule has 1 heterocycles. The summed E-state index contributed by atoms with van der Waals surface area (Å²) in [5.74, 6) is 1.12. The molecule has 0 unspecified atom stereocenters. The van der Waals surface area contributed by atoms with Gasteiger partial charge in [0.25, 0.3) is 0 Å². The van der Waals surface area contributed by atoms with E-state index in [4.69, 9.17) is 4.74 Å². The first-order chi connectivity index (χ1) is 9.81. The first-order valence-electron chi connectivity index (χ1n) is 7.12. The molecule has 0 radical (unpaired) electrons. The van der Waals surface area contributed by atoms with E-state index in [0.29, 0.717) is 19.7 Å². The maximum Gasteiger partial charge on any atom is 0.239 e. The molecule has 5 heteroatoms. The second-order valence-electron chi connectivity index (χ2n) is 4.64. The lowest BCUT2D eigenvalue weighted by Crippen LogP contribution is -2.40. The number of fused-ring (bicyclic) bond motifs is 1. The van der Waals surface area contributed by atoms with Crippen LogP contribution in [-0.4, -0.2) is 44.5 Å². The Kier molecular flexibility index (Phi) is 6.21. The van der Waals surface area contributed by atoms with Crippen LogP contribution in [0.2, 0.25) is 0 Å². The number of nitrogens with one attached hydrogen (secondary N) is 1. The maximum atomic E-state index is 12.0. The van der Waals surface area contributed by atoms with Crippen molar-refractivity contribution in [2.24, 2.45) is 0 Å². The molecule has 1 aromatic rings. The van der Waals surface area contributed by atoms with Crippen molar-refractivity contribution >= 4 is 23.4 Å². The van der Waals surface area contributed by atoms with Crippen molar-refractivity contribution < 1.29 is 9.53 Å². The number of para-hydroxylation sites is 1. The third-order valence-electron chi connectivity index (χ3n) is 3.15. The molecule has 1 aliphatic heterocycles. The van der Waals surface area contributed by atoms with Crippen LogP contribution >= 0.6 is 11.8 Å². The van der Waals surface area contributed by atoms with E-state index in [9.17, 15) is 4.79 Å². The van der Waals surface area contributed by atoms with Crippen molar-refractivity contribution in [1.29, 1.82) is 0 Å². The Hall–Kier alpha value is -1.20. The topological polar surface area (TPSA) is 41.6 Å². The fourth-order valence-electron chi connectivity index (χ4n) is 2.17. The Labute approximate surface area is 124 Å². The lowest BCUT2D eigenvalue weighted by Gasteiger charge is -2.30. The van der Waals surface area contributed by atoms with Gasteiger partial charge in [0.05, 0.1) is 12.2 Å². The Morgan fingerprint density at radius 1 is 1.45 bits per heavy atom. The smallest absolute Gasteiger partial charge is 0.239 e. The van der Waals surface area contributed by atoms with Gasteiger partial charge in [-0.3, -0.25) is 4.79 Å². The molecule has 1 aromatic carbocycles. The fraction of sp³-hybridized carbons (Fsp3) is 0.533. The number of carbonyl (C=O) groups excluding carboxylic acids is 1. The maximum absolute atomic E-state index is 12.0. The van der Waals surface area contributed by atoms with E-state index in [0.717, 1.165) is 25.3 Å². The van der Waals surface area contributed by atoms with E-state index in [-0.39, 0.29) is 5.91 Å². The van der Waals surface area contributed by atoms with Gasteiger partial charge in [0.15, 0.2) is 0 Å². The number of ether oxygens (including phenoxy) is 1. The Morgan fingerprint density at radius 3 is 3.15 bits per heavy atom. The summed E-state index contributed by atoms with van der Waals surface area (Å²) in [5.41, 5.74) is 1.17. The van der Waals surface area contributed by atoms with Crippen LogP contribution in [0, 0.1) is 0 Å². The lowest BCUT2D eigenvalue weighted by molar-refractivity contribution is -0.119. The van der Waals surface area contributed by atoms with Crippen LogP contribution in [0.3, 0.4) is 0 Å². The van der Waals surface area contributed by atoms with Gasteiger partial charge in [0.2, 0.25) is 5.91 Å². The summed E-state index contributed by atoms with van der Waals surface area (Å²) < 4.78 is 5.25. The second kappa shape index (κ2) is 8.17. The largest absolute Gasteiger partial charge is 0.382 e. The summed E-state index contributed by atoms with van der Waals surface area (Å²) in [6.07, 6.45) is 0.867. The van der Waals surface area contributed by atoms with Crippen molar-refractivity contribution in [2.75, 3.05) is 43.5 Å². The monoisotopic (exact) mass is 294 g/mol. The number of thioether (sulfide) groups is 1. The molecule has 0 saturated carbocycles. The van der Waals surface area contributed by atoms with Gasteiger partial charge in [0, 0.05) is 37.0 Å². The van der Waals surface area contributed by atoms with Crippen LogP contribution in [0.25, 0.3) is 0 Å². The van der Waals surface area contributed by atoms with Gasteiger partial charge in [-0.2, -0.15) is 0 Å². The van der Waals surface area contributed by atoms with Gasteiger partial charge in [0.1, 0.15) is 0 Å². The number of hydrogen-bond acceptors (Lipinski definition) is 4. The average Bonchev–Trinajstić information content (AvgIpc) is 2.47. The van der Waals surface area contributed by atoms with Crippen LogP contribution in [0.5, 0.6) is 0 Å². The van der Waals surface area contributed by atoms with Gasteiger partial charge in [-0.25, -0.2) is 0 Å². The molecular formula is C15H22N2O2S. The number of amides is 1. The minimum atomic E-state index is 0.0863. The molecule has 0 fully saturated rings. The summed E-state index contributed by atoms with van der Waals surface area (Å²) in [6, 6.07) is 8.27. The van der Waals surface area contributed by atoms with E-state index >= 15 is 0 Å². The summed E-state index contributed by atoms with van der Waals surface area (Å²) >= 11 is 1.86. The Morgan fingerprint density at radius 2 is 2.30 bits per heavy atom. The molecular weight excluding hydrogens is 272 g/mol. The molecule has 1 N–H and O–H groups in total. The molecule has 1 amide bonds. The lowest BCUT2D eigenvalue weighted by atomic mass is 10.2. The Balaban J connectivity index is 1.78. The molecule has 2 rings (SSSR count). The van der Waals surface area contributed by atoms with E-state index in [1.54, 1.807) is 0 Å². The van der Waals surface area contributed by atoms with Crippen molar-refractivity contribution in [3.8, 4) is 0 Å². The van der Waals surface area contributed by atoms with Crippen LogP contribution < -0.4 is 10.2 Å². The Bertz CT molecular complexity index is 440. The first kappa shape index (κ1) is 15.2. The highest BCUT2D eigenvalue weighted by Crippen LogP contribution is 2.33. The minimum Gasteiger partial charge on any atom is -0.382 e. The van der Waals surface area contributed by atoms with Crippen molar-refractivity contribution in [2.45, 2.75) is 18.2 Å². The van der Waals surface area contributed by atoms with E-state index in [1.807, 2.05) is 30.8 Å². The predicted molar refractivity (Wildman–Crippen MR) is 83.5 cm³/mol. The highest BCUT2D eigenvalue weighted by molar-refractivity contribution is 7.99. The molecule has 1 aliphatic rings. The van der Waals surface area contributed by atoms with Crippen LogP contribution in [-0.2, 0) is 9.53 Å². The van der Waals surface area contributed by atoms with Gasteiger partial charge in [-0.05, 0) is 25.5 Å². The molecule has 0 atom stereocenters. The molecule has 0 spiro atoms. The van der Waals surface area contributed by atoms with Crippen molar-refractivity contribution in [1.82, 2.24) is 5.32 Å². The predicted octanol–water partition coefficient (Wildman–Crippen LogP) is 2.14. The number of carbonyl (C=O) groups is 1. The zero-order valence-corrected chi connectivity index (χ0v) is 12.7.